The zero-order valence-electron chi connectivity index (χ0n) is 11.8. The Labute approximate surface area is 119 Å². The van der Waals surface area contributed by atoms with E-state index in [9.17, 15) is 0 Å². The number of nitrogens with one attached hydrogen (secondary N) is 1. The van der Waals surface area contributed by atoms with Gasteiger partial charge in [0, 0.05) is 18.8 Å². The second-order valence-corrected chi connectivity index (χ2v) is 5.02. The molecular weight excluding hydrogens is 256 g/mol. The molecule has 0 atom stereocenters. The fraction of sp³-hybridized carbons (Fsp3) is 0.571. The van der Waals surface area contributed by atoms with E-state index in [1.54, 1.807) is 0 Å². The third kappa shape index (κ3) is 3.46. The highest BCUT2D eigenvalue weighted by Gasteiger charge is 2.23. The summed E-state index contributed by atoms with van der Waals surface area (Å²) in [6.07, 6.45) is 1.99. The molecule has 0 saturated carbocycles. The van der Waals surface area contributed by atoms with Gasteiger partial charge < -0.3 is 20.5 Å². The summed E-state index contributed by atoms with van der Waals surface area (Å²) in [5.41, 5.74) is 7.23. The molecular formula is C14H22N4O2. The van der Waals surface area contributed by atoms with Gasteiger partial charge in [-0.3, -0.25) is 5.41 Å². The van der Waals surface area contributed by atoms with Gasteiger partial charge in [-0.1, -0.05) is 0 Å². The lowest BCUT2D eigenvalue weighted by molar-refractivity contribution is 0.0158. The summed E-state index contributed by atoms with van der Waals surface area (Å²) in [4.78, 5) is 6.68. The Kier molecular flexibility index (Phi) is 4.92. The first-order chi connectivity index (χ1) is 9.61. The first kappa shape index (κ1) is 14.7. The summed E-state index contributed by atoms with van der Waals surface area (Å²) >= 11 is 0. The van der Waals surface area contributed by atoms with Crippen LogP contribution in [0.15, 0.2) is 12.1 Å². The van der Waals surface area contributed by atoms with E-state index in [1.165, 1.54) is 0 Å². The minimum absolute atomic E-state index is 0.0474. The Morgan fingerprint density at radius 3 is 2.80 bits per heavy atom. The Balaban J connectivity index is 2.06. The smallest absolute Gasteiger partial charge is 0.139 e. The number of piperidine rings is 1. The normalized spacial score (nSPS) is 16.4. The van der Waals surface area contributed by atoms with Crippen molar-refractivity contribution >= 4 is 11.7 Å². The first-order valence-corrected chi connectivity index (χ1v) is 6.91. The number of rotatable bonds is 5. The molecule has 0 amide bonds. The van der Waals surface area contributed by atoms with Crippen LogP contribution < -0.4 is 10.6 Å². The third-order valence-corrected chi connectivity index (χ3v) is 3.49. The van der Waals surface area contributed by atoms with Crippen LogP contribution in [0, 0.1) is 12.3 Å². The van der Waals surface area contributed by atoms with Crippen molar-refractivity contribution in [2.24, 2.45) is 5.73 Å². The highest BCUT2D eigenvalue weighted by Crippen LogP contribution is 2.23. The van der Waals surface area contributed by atoms with Gasteiger partial charge >= 0.3 is 0 Å². The van der Waals surface area contributed by atoms with Crippen LogP contribution in [-0.4, -0.2) is 48.3 Å². The van der Waals surface area contributed by atoms with Gasteiger partial charge in [0.2, 0.25) is 0 Å². The summed E-state index contributed by atoms with van der Waals surface area (Å²) in [6, 6.07) is 3.73. The quantitative estimate of drug-likeness (QED) is 0.543. The van der Waals surface area contributed by atoms with E-state index in [1.807, 2.05) is 19.1 Å². The number of aryl methyl sites for hydroxylation is 1. The molecule has 0 bridgehead atoms. The van der Waals surface area contributed by atoms with Gasteiger partial charge in [0.15, 0.2) is 0 Å². The van der Waals surface area contributed by atoms with Gasteiger partial charge in [-0.05, 0) is 31.9 Å². The molecule has 0 aromatic carbocycles. The highest BCUT2D eigenvalue weighted by molar-refractivity contribution is 5.99. The summed E-state index contributed by atoms with van der Waals surface area (Å²) in [6.45, 7) is 4.05. The molecule has 2 heterocycles. The Morgan fingerprint density at radius 1 is 1.50 bits per heavy atom. The maximum atomic E-state index is 8.77. The number of amidine groups is 1. The van der Waals surface area contributed by atoms with Gasteiger partial charge in [-0.25, -0.2) is 4.98 Å². The number of hydrogen-bond donors (Lipinski definition) is 3. The first-order valence-electron chi connectivity index (χ1n) is 6.91. The van der Waals surface area contributed by atoms with Crippen LogP contribution in [0.5, 0.6) is 0 Å². The van der Waals surface area contributed by atoms with Crippen molar-refractivity contribution in [3.05, 3.63) is 23.4 Å². The molecule has 20 heavy (non-hydrogen) atoms. The topological polar surface area (TPSA) is 95.5 Å². The molecule has 6 heteroatoms. The summed E-state index contributed by atoms with van der Waals surface area (Å²) < 4.78 is 5.55. The predicted octanol–water partition coefficient (Wildman–Crippen LogP) is 0.652. The van der Waals surface area contributed by atoms with Gasteiger partial charge in [-0.2, -0.15) is 0 Å². The third-order valence-electron chi connectivity index (χ3n) is 3.49. The van der Waals surface area contributed by atoms with Crippen molar-refractivity contribution < 1.29 is 9.84 Å². The molecule has 1 aliphatic rings. The van der Waals surface area contributed by atoms with Crippen molar-refractivity contribution in [3.8, 4) is 0 Å². The van der Waals surface area contributed by atoms with E-state index in [2.05, 4.69) is 9.88 Å². The standard InChI is InChI=1S/C14H22N4O2/c1-10-2-3-12(13(15)16)14(17-10)18-6-4-11(5-7-18)20-9-8-19/h2-3,11,19H,4-9H2,1H3,(H3,15,16). The number of nitrogen functional groups attached to an aromatic ring is 1. The van der Waals surface area contributed by atoms with E-state index in [0.717, 1.165) is 37.4 Å². The summed E-state index contributed by atoms with van der Waals surface area (Å²) in [5, 5.41) is 16.4. The van der Waals surface area contributed by atoms with Crippen LogP contribution in [0.25, 0.3) is 0 Å². The fourth-order valence-corrected chi connectivity index (χ4v) is 2.45. The van der Waals surface area contributed by atoms with E-state index in [4.69, 9.17) is 21.0 Å². The zero-order valence-corrected chi connectivity index (χ0v) is 11.8. The number of ether oxygens (including phenoxy) is 1. The Hall–Kier alpha value is -1.66. The minimum atomic E-state index is 0.0474. The molecule has 0 spiro atoms. The molecule has 1 aliphatic heterocycles. The second-order valence-electron chi connectivity index (χ2n) is 5.02. The maximum absolute atomic E-state index is 8.77. The maximum Gasteiger partial charge on any atom is 0.139 e. The molecule has 6 nitrogen and oxygen atoms in total. The van der Waals surface area contributed by atoms with Gasteiger partial charge in [-0.15, -0.1) is 0 Å². The lowest BCUT2D eigenvalue weighted by atomic mass is 10.1. The molecule has 0 unspecified atom stereocenters. The zero-order chi connectivity index (χ0) is 14.5. The van der Waals surface area contributed by atoms with Crippen molar-refractivity contribution in [2.75, 3.05) is 31.2 Å². The molecule has 1 aromatic heterocycles. The predicted molar refractivity (Wildman–Crippen MR) is 78.3 cm³/mol. The van der Waals surface area contributed by atoms with E-state index in [0.29, 0.717) is 12.2 Å². The number of anilines is 1. The lowest BCUT2D eigenvalue weighted by Gasteiger charge is -2.33. The molecule has 1 aromatic rings. The number of pyridine rings is 1. The molecule has 0 aliphatic carbocycles. The fourth-order valence-electron chi connectivity index (χ4n) is 2.45. The van der Waals surface area contributed by atoms with Crippen LogP contribution in [0.1, 0.15) is 24.1 Å². The van der Waals surface area contributed by atoms with E-state index in [-0.39, 0.29) is 18.5 Å². The average Bonchev–Trinajstić information content (AvgIpc) is 2.45. The summed E-state index contributed by atoms with van der Waals surface area (Å²) in [7, 11) is 0. The Morgan fingerprint density at radius 2 is 2.20 bits per heavy atom. The largest absolute Gasteiger partial charge is 0.394 e. The molecule has 1 saturated heterocycles. The lowest BCUT2D eigenvalue weighted by Crippen LogP contribution is -2.39. The molecule has 0 radical (unpaired) electrons. The highest BCUT2D eigenvalue weighted by atomic mass is 16.5. The molecule has 1 fully saturated rings. The van der Waals surface area contributed by atoms with Crippen LogP contribution in [0.2, 0.25) is 0 Å². The average molecular weight is 278 g/mol. The molecule has 110 valence electrons. The van der Waals surface area contributed by atoms with E-state index < -0.39 is 0 Å². The van der Waals surface area contributed by atoms with Crippen LogP contribution >= 0.6 is 0 Å². The molecule has 2 rings (SSSR count). The number of nitrogens with zero attached hydrogens (tertiary/aromatic N) is 2. The van der Waals surface area contributed by atoms with Crippen LogP contribution in [-0.2, 0) is 4.74 Å². The van der Waals surface area contributed by atoms with Crippen LogP contribution in [0.3, 0.4) is 0 Å². The number of aliphatic hydroxyl groups is 1. The van der Waals surface area contributed by atoms with Gasteiger partial charge in [0.25, 0.3) is 0 Å². The number of aromatic nitrogens is 1. The number of hydrogen-bond acceptors (Lipinski definition) is 5. The van der Waals surface area contributed by atoms with Crippen molar-refractivity contribution in [1.29, 1.82) is 5.41 Å². The second kappa shape index (κ2) is 6.67. The minimum Gasteiger partial charge on any atom is -0.394 e. The van der Waals surface area contributed by atoms with Crippen molar-refractivity contribution in [1.82, 2.24) is 4.98 Å². The monoisotopic (exact) mass is 278 g/mol. The SMILES string of the molecule is Cc1ccc(C(=N)N)c(N2CCC(OCCO)CC2)n1. The van der Waals surface area contributed by atoms with Gasteiger partial charge in [0.1, 0.15) is 11.7 Å². The molecule has 4 N–H and O–H groups in total. The van der Waals surface area contributed by atoms with Crippen molar-refractivity contribution in [3.63, 3.8) is 0 Å². The number of nitrogens with two attached hydrogens (primary N) is 1. The van der Waals surface area contributed by atoms with Crippen LogP contribution in [0.4, 0.5) is 5.82 Å². The summed E-state index contributed by atoms with van der Waals surface area (Å²) in [5.74, 6) is 0.837. The van der Waals surface area contributed by atoms with Crippen molar-refractivity contribution in [2.45, 2.75) is 25.9 Å². The number of aliphatic hydroxyl groups excluding tert-OH is 1. The Bertz CT molecular complexity index is 470. The van der Waals surface area contributed by atoms with E-state index >= 15 is 0 Å². The van der Waals surface area contributed by atoms with Gasteiger partial charge in [0.05, 0.1) is 24.9 Å².